The summed E-state index contributed by atoms with van der Waals surface area (Å²) in [5, 5.41) is 9.18. The smallest absolute Gasteiger partial charge is 0.326 e. The number of carbonyl (C=O) groups is 2. The van der Waals surface area contributed by atoms with Crippen molar-refractivity contribution in [2.75, 3.05) is 33.2 Å². The van der Waals surface area contributed by atoms with Crippen molar-refractivity contribution in [2.45, 2.75) is 44.7 Å². The topological polar surface area (TPSA) is 64.1 Å². The van der Waals surface area contributed by atoms with Crippen LogP contribution in [0.4, 0.5) is 4.79 Å². The summed E-state index contributed by atoms with van der Waals surface area (Å²) >= 11 is 0. The molecule has 2 saturated heterocycles. The molecule has 1 N–H and O–H groups in total. The summed E-state index contributed by atoms with van der Waals surface area (Å²) in [7, 11) is 1.60. The fraction of sp³-hybridized carbons (Fsp3) is 0.857. The molecule has 114 valence electrons. The van der Waals surface area contributed by atoms with Crippen molar-refractivity contribution in [3.05, 3.63) is 0 Å². The van der Waals surface area contributed by atoms with Crippen LogP contribution < -0.4 is 0 Å². The Morgan fingerprint density at radius 2 is 2.00 bits per heavy atom. The van der Waals surface area contributed by atoms with Gasteiger partial charge < -0.3 is 14.9 Å². The minimum absolute atomic E-state index is 0.145. The number of hydrogen-bond donors (Lipinski definition) is 1. The number of carboxylic acid groups (broad SMARTS) is 1. The van der Waals surface area contributed by atoms with E-state index in [1.165, 1.54) is 11.3 Å². The van der Waals surface area contributed by atoms with Crippen molar-refractivity contribution in [3.8, 4) is 0 Å². The number of nitrogens with zero attached hydrogens (tertiary/aromatic N) is 3. The number of fused-ring (bicyclic) bond motifs is 1. The molecule has 0 bridgehead atoms. The van der Waals surface area contributed by atoms with E-state index in [2.05, 4.69) is 4.90 Å². The Labute approximate surface area is 120 Å². The number of amides is 2. The minimum Gasteiger partial charge on any atom is -0.480 e. The third-order valence-electron chi connectivity index (χ3n) is 4.52. The number of carbonyl (C=O) groups excluding carboxylic acids is 1. The molecular weight excluding hydrogens is 258 g/mol. The Morgan fingerprint density at radius 3 is 2.65 bits per heavy atom. The average molecular weight is 283 g/mol. The van der Waals surface area contributed by atoms with Crippen molar-refractivity contribution >= 4 is 12.0 Å². The minimum atomic E-state index is -0.930. The van der Waals surface area contributed by atoms with E-state index in [0.29, 0.717) is 12.5 Å². The summed E-state index contributed by atoms with van der Waals surface area (Å²) in [6.45, 7) is 5.44. The van der Waals surface area contributed by atoms with Gasteiger partial charge in [-0.2, -0.15) is 0 Å². The van der Waals surface area contributed by atoms with E-state index in [-0.39, 0.29) is 6.03 Å². The second kappa shape index (κ2) is 6.43. The highest BCUT2D eigenvalue weighted by Crippen LogP contribution is 2.22. The van der Waals surface area contributed by atoms with Crippen LogP contribution in [-0.2, 0) is 4.79 Å². The molecule has 0 aromatic heterocycles. The second-order valence-electron chi connectivity index (χ2n) is 5.79. The summed E-state index contributed by atoms with van der Waals surface area (Å²) in [4.78, 5) is 29.4. The van der Waals surface area contributed by atoms with Crippen LogP contribution >= 0.6 is 0 Å². The van der Waals surface area contributed by atoms with Crippen molar-refractivity contribution in [3.63, 3.8) is 0 Å². The summed E-state index contributed by atoms with van der Waals surface area (Å²) in [6, 6.07) is -0.418. The summed E-state index contributed by atoms with van der Waals surface area (Å²) in [5.74, 6) is -0.930. The Kier molecular flexibility index (Phi) is 4.86. The molecule has 2 atom stereocenters. The van der Waals surface area contributed by atoms with Gasteiger partial charge >= 0.3 is 12.0 Å². The largest absolute Gasteiger partial charge is 0.480 e. The van der Waals surface area contributed by atoms with Crippen LogP contribution in [0.2, 0.25) is 0 Å². The van der Waals surface area contributed by atoms with Crippen molar-refractivity contribution in [1.82, 2.24) is 14.7 Å². The van der Waals surface area contributed by atoms with Gasteiger partial charge in [0, 0.05) is 32.7 Å². The van der Waals surface area contributed by atoms with Crippen LogP contribution in [0.1, 0.15) is 32.6 Å². The highest BCUT2D eigenvalue weighted by molar-refractivity contribution is 5.82. The molecule has 0 aromatic rings. The molecule has 6 heteroatoms. The van der Waals surface area contributed by atoms with Gasteiger partial charge in [0.25, 0.3) is 0 Å². The van der Waals surface area contributed by atoms with Gasteiger partial charge in [-0.15, -0.1) is 0 Å². The lowest BCUT2D eigenvalue weighted by atomic mass is 10.2. The van der Waals surface area contributed by atoms with Crippen LogP contribution in [0.3, 0.4) is 0 Å². The molecule has 2 aliphatic heterocycles. The van der Waals surface area contributed by atoms with Gasteiger partial charge in [0.1, 0.15) is 6.04 Å². The fourth-order valence-electron chi connectivity index (χ4n) is 3.35. The van der Waals surface area contributed by atoms with Gasteiger partial charge in [-0.05, 0) is 32.2 Å². The molecule has 2 fully saturated rings. The zero-order valence-electron chi connectivity index (χ0n) is 12.4. The molecular formula is C14H25N3O3. The van der Waals surface area contributed by atoms with Gasteiger partial charge in [0.15, 0.2) is 0 Å². The SMILES string of the molecule is CCC(C(=O)O)N(C)C(=O)N1CCCN2CCCC2C1. The van der Waals surface area contributed by atoms with Crippen molar-refractivity contribution in [1.29, 1.82) is 0 Å². The van der Waals surface area contributed by atoms with E-state index in [0.717, 1.165) is 39.0 Å². The Bertz CT molecular complexity index is 375. The zero-order chi connectivity index (χ0) is 14.7. The van der Waals surface area contributed by atoms with Gasteiger partial charge in [-0.3, -0.25) is 4.90 Å². The average Bonchev–Trinajstić information content (AvgIpc) is 2.75. The van der Waals surface area contributed by atoms with Crippen LogP contribution in [0, 0.1) is 0 Å². The van der Waals surface area contributed by atoms with E-state index >= 15 is 0 Å². The first-order chi connectivity index (χ1) is 9.54. The van der Waals surface area contributed by atoms with E-state index in [1.54, 1.807) is 14.0 Å². The van der Waals surface area contributed by atoms with Crippen LogP contribution in [0.5, 0.6) is 0 Å². The lowest BCUT2D eigenvalue weighted by molar-refractivity contribution is -0.142. The number of urea groups is 1. The maximum Gasteiger partial charge on any atom is 0.326 e. The molecule has 2 unspecified atom stereocenters. The lowest BCUT2D eigenvalue weighted by Gasteiger charge is -2.32. The van der Waals surface area contributed by atoms with Gasteiger partial charge in [0.05, 0.1) is 0 Å². The Hall–Kier alpha value is -1.30. The maximum atomic E-state index is 12.5. The van der Waals surface area contributed by atoms with Crippen molar-refractivity contribution in [2.24, 2.45) is 0 Å². The van der Waals surface area contributed by atoms with E-state index in [4.69, 9.17) is 0 Å². The molecule has 0 aromatic carbocycles. The molecule has 2 heterocycles. The number of carboxylic acids is 1. The van der Waals surface area contributed by atoms with Gasteiger partial charge in [-0.1, -0.05) is 6.92 Å². The van der Waals surface area contributed by atoms with Crippen LogP contribution in [0.25, 0.3) is 0 Å². The first-order valence-corrected chi connectivity index (χ1v) is 7.53. The standard InChI is InChI=1S/C14H25N3O3/c1-3-12(13(18)19)15(2)14(20)17-9-5-8-16-7-4-6-11(16)10-17/h11-12H,3-10H2,1-2H3,(H,18,19). The summed E-state index contributed by atoms with van der Waals surface area (Å²) in [5.41, 5.74) is 0. The molecule has 2 amide bonds. The van der Waals surface area contributed by atoms with E-state index in [1.807, 2.05) is 4.90 Å². The quantitative estimate of drug-likeness (QED) is 0.841. The van der Waals surface area contributed by atoms with Crippen molar-refractivity contribution < 1.29 is 14.7 Å². The number of likely N-dealkylation sites (N-methyl/N-ethyl adjacent to an activating group) is 1. The summed E-state index contributed by atoms with van der Waals surface area (Å²) < 4.78 is 0. The first-order valence-electron chi connectivity index (χ1n) is 7.53. The third kappa shape index (κ3) is 3.06. The first kappa shape index (κ1) is 15.1. The molecule has 0 radical (unpaired) electrons. The highest BCUT2D eigenvalue weighted by Gasteiger charge is 2.33. The molecule has 2 aliphatic rings. The lowest BCUT2D eigenvalue weighted by Crippen LogP contribution is -2.50. The molecule has 2 rings (SSSR count). The molecule has 20 heavy (non-hydrogen) atoms. The number of aliphatic carboxylic acids is 1. The van der Waals surface area contributed by atoms with Crippen LogP contribution in [-0.4, -0.2) is 77.1 Å². The van der Waals surface area contributed by atoms with Gasteiger partial charge in [-0.25, -0.2) is 9.59 Å². The van der Waals surface area contributed by atoms with E-state index in [9.17, 15) is 14.7 Å². The predicted octanol–water partition coefficient (Wildman–Crippen LogP) is 1.07. The molecule has 0 saturated carbocycles. The van der Waals surface area contributed by atoms with E-state index < -0.39 is 12.0 Å². The monoisotopic (exact) mass is 283 g/mol. The number of rotatable bonds is 3. The predicted molar refractivity (Wildman–Crippen MR) is 75.7 cm³/mol. The van der Waals surface area contributed by atoms with Crippen LogP contribution in [0.15, 0.2) is 0 Å². The zero-order valence-corrected chi connectivity index (χ0v) is 12.4. The Morgan fingerprint density at radius 1 is 1.30 bits per heavy atom. The highest BCUT2D eigenvalue weighted by atomic mass is 16.4. The Balaban J connectivity index is 2.02. The van der Waals surface area contributed by atoms with Gasteiger partial charge in [0.2, 0.25) is 0 Å². The molecule has 0 aliphatic carbocycles. The maximum absolute atomic E-state index is 12.5. The summed E-state index contributed by atoms with van der Waals surface area (Å²) in [6.07, 6.45) is 3.75. The molecule has 6 nitrogen and oxygen atoms in total. The molecule has 0 spiro atoms. The third-order valence-corrected chi connectivity index (χ3v) is 4.52. The fourth-order valence-corrected chi connectivity index (χ4v) is 3.35. The normalized spacial score (nSPS) is 24.9. The number of hydrogen-bond acceptors (Lipinski definition) is 3. The second-order valence-corrected chi connectivity index (χ2v) is 5.79.